The lowest BCUT2D eigenvalue weighted by molar-refractivity contribution is -0.385. The van der Waals surface area contributed by atoms with Crippen molar-refractivity contribution in [2.24, 2.45) is 0 Å². The predicted octanol–water partition coefficient (Wildman–Crippen LogP) is 6.47. The van der Waals surface area contributed by atoms with Crippen molar-refractivity contribution >= 4 is 68.5 Å². The lowest BCUT2D eigenvalue weighted by Crippen LogP contribution is -2.17. The van der Waals surface area contributed by atoms with Crippen molar-refractivity contribution < 1.29 is 19.4 Å². The molecular formula is C24H14Cl2N4O6. The Labute approximate surface area is 212 Å². The number of carbonyl (C=O) groups is 2. The molecule has 0 aliphatic rings. The fourth-order valence-electron chi connectivity index (χ4n) is 3.43. The Bertz CT molecular complexity index is 1460. The molecule has 0 saturated heterocycles. The molecule has 0 aliphatic carbocycles. The number of fused-ring (bicyclic) bond motifs is 1. The van der Waals surface area contributed by atoms with E-state index in [1.807, 2.05) is 0 Å². The molecule has 4 aromatic carbocycles. The number of rotatable bonds is 6. The van der Waals surface area contributed by atoms with Gasteiger partial charge in [-0.25, -0.2) is 0 Å². The van der Waals surface area contributed by atoms with Crippen LogP contribution in [0.3, 0.4) is 0 Å². The number of hydrogen-bond donors (Lipinski definition) is 2. The molecule has 12 heteroatoms. The summed E-state index contributed by atoms with van der Waals surface area (Å²) in [6, 6.07) is 17.2. The van der Waals surface area contributed by atoms with Gasteiger partial charge in [0.25, 0.3) is 23.2 Å². The quantitative estimate of drug-likeness (QED) is 0.218. The van der Waals surface area contributed by atoms with Crippen molar-refractivity contribution in [1.82, 2.24) is 0 Å². The number of nitro benzene ring substituents is 2. The van der Waals surface area contributed by atoms with Gasteiger partial charge in [0.05, 0.1) is 42.4 Å². The topological polar surface area (TPSA) is 144 Å². The Morgan fingerprint density at radius 1 is 0.639 bits per heavy atom. The van der Waals surface area contributed by atoms with Gasteiger partial charge in [0.1, 0.15) is 0 Å². The highest BCUT2D eigenvalue weighted by Gasteiger charge is 2.20. The summed E-state index contributed by atoms with van der Waals surface area (Å²) in [4.78, 5) is 46.9. The zero-order valence-electron chi connectivity index (χ0n) is 18.0. The maximum Gasteiger partial charge on any atom is 0.270 e. The Balaban J connectivity index is 1.74. The molecule has 4 rings (SSSR count). The highest BCUT2D eigenvalue weighted by atomic mass is 35.5. The summed E-state index contributed by atoms with van der Waals surface area (Å²) in [5.41, 5.74) is -0.600. The van der Waals surface area contributed by atoms with Crippen LogP contribution in [0.1, 0.15) is 20.7 Å². The molecule has 0 aliphatic heterocycles. The number of nitrogens with one attached hydrogen (secondary N) is 2. The number of hydrogen-bond acceptors (Lipinski definition) is 6. The molecule has 0 bridgehead atoms. The first-order valence-corrected chi connectivity index (χ1v) is 10.9. The Hall–Kier alpha value is -4.54. The van der Waals surface area contributed by atoms with Crippen molar-refractivity contribution in [3.63, 3.8) is 0 Å². The summed E-state index contributed by atoms with van der Waals surface area (Å²) in [7, 11) is 0. The summed E-state index contributed by atoms with van der Waals surface area (Å²) in [5.74, 6) is -1.49. The fraction of sp³-hybridized carbons (Fsp3) is 0. The smallest absolute Gasteiger partial charge is 0.270 e. The molecule has 0 heterocycles. The molecule has 180 valence electrons. The largest absolute Gasteiger partial charge is 0.320 e. The van der Waals surface area contributed by atoms with Crippen molar-refractivity contribution in [2.45, 2.75) is 0 Å². The average molecular weight is 525 g/mol. The summed E-state index contributed by atoms with van der Waals surface area (Å²) in [6.07, 6.45) is 0. The van der Waals surface area contributed by atoms with E-state index in [0.29, 0.717) is 0 Å². The Morgan fingerprint density at radius 2 is 1.03 bits per heavy atom. The van der Waals surface area contributed by atoms with Crippen LogP contribution in [0, 0.1) is 20.2 Å². The first-order valence-electron chi connectivity index (χ1n) is 10.2. The summed E-state index contributed by atoms with van der Waals surface area (Å²) in [5, 5.41) is 28.9. The van der Waals surface area contributed by atoms with Gasteiger partial charge < -0.3 is 10.6 Å². The van der Waals surface area contributed by atoms with Crippen molar-refractivity contribution in [1.29, 1.82) is 0 Å². The Morgan fingerprint density at radius 3 is 1.39 bits per heavy atom. The molecule has 0 saturated carbocycles. The minimum Gasteiger partial charge on any atom is -0.320 e. The van der Waals surface area contributed by atoms with Gasteiger partial charge in [-0.05, 0) is 35.0 Å². The third-order valence-corrected chi connectivity index (χ3v) is 5.85. The molecule has 4 aromatic rings. The molecule has 0 spiro atoms. The van der Waals surface area contributed by atoms with Crippen molar-refractivity contribution in [2.75, 3.05) is 10.6 Å². The highest BCUT2D eigenvalue weighted by Crippen LogP contribution is 2.32. The number of anilines is 2. The summed E-state index contributed by atoms with van der Waals surface area (Å²) in [6.45, 7) is 0. The highest BCUT2D eigenvalue weighted by molar-refractivity contribution is 6.35. The number of amides is 2. The number of benzene rings is 4. The van der Waals surface area contributed by atoms with Crippen LogP contribution < -0.4 is 10.6 Å². The van der Waals surface area contributed by atoms with Gasteiger partial charge in [0.15, 0.2) is 0 Å². The molecule has 10 nitrogen and oxygen atoms in total. The van der Waals surface area contributed by atoms with Crippen LogP contribution in [0.5, 0.6) is 0 Å². The third-order valence-electron chi connectivity index (χ3n) is 5.19. The van der Waals surface area contributed by atoms with Crippen LogP contribution in [0.4, 0.5) is 22.7 Å². The molecule has 0 aromatic heterocycles. The average Bonchev–Trinajstić information content (AvgIpc) is 2.84. The van der Waals surface area contributed by atoms with Crippen LogP contribution in [0.25, 0.3) is 10.8 Å². The van der Waals surface area contributed by atoms with Gasteiger partial charge in [0, 0.05) is 24.3 Å². The summed E-state index contributed by atoms with van der Waals surface area (Å²) < 4.78 is 0. The van der Waals surface area contributed by atoms with E-state index in [9.17, 15) is 29.8 Å². The first kappa shape index (κ1) is 24.6. The first-order chi connectivity index (χ1) is 17.1. The van der Waals surface area contributed by atoms with Crippen LogP contribution in [-0.4, -0.2) is 21.7 Å². The van der Waals surface area contributed by atoms with E-state index >= 15 is 0 Å². The number of non-ortho nitro benzene ring substituents is 2. The lowest BCUT2D eigenvalue weighted by Gasteiger charge is -2.15. The van der Waals surface area contributed by atoms with Gasteiger partial charge in [0.2, 0.25) is 0 Å². The van der Waals surface area contributed by atoms with Gasteiger partial charge in [-0.3, -0.25) is 29.8 Å². The monoisotopic (exact) mass is 524 g/mol. The zero-order chi connectivity index (χ0) is 26.0. The van der Waals surface area contributed by atoms with Gasteiger partial charge in [-0.1, -0.05) is 47.5 Å². The zero-order valence-corrected chi connectivity index (χ0v) is 19.5. The minimum absolute atomic E-state index is 0.00662. The van der Waals surface area contributed by atoms with Crippen molar-refractivity contribution in [3.8, 4) is 0 Å². The van der Waals surface area contributed by atoms with E-state index in [1.165, 1.54) is 24.3 Å². The number of nitrogens with zero attached hydrogens (tertiary/aromatic N) is 2. The van der Waals surface area contributed by atoms with Crippen molar-refractivity contribution in [3.05, 3.63) is 114 Å². The second-order valence-electron chi connectivity index (χ2n) is 7.50. The maximum atomic E-state index is 13.0. The summed E-state index contributed by atoms with van der Waals surface area (Å²) >= 11 is 12.2. The van der Waals surface area contributed by atoms with E-state index in [4.69, 9.17) is 23.2 Å². The van der Waals surface area contributed by atoms with Crippen LogP contribution >= 0.6 is 23.2 Å². The second kappa shape index (κ2) is 9.98. The van der Waals surface area contributed by atoms with E-state index in [1.54, 1.807) is 36.4 Å². The predicted molar refractivity (Wildman–Crippen MR) is 136 cm³/mol. The molecule has 0 radical (unpaired) electrons. The van der Waals surface area contributed by atoms with Gasteiger partial charge in [-0.15, -0.1) is 0 Å². The van der Waals surface area contributed by atoms with Crippen LogP contribution in [0.2, 0.25) is 10.0 Å². The van der Waals surface area contributed by atoms with Crippen LogP contribution in [-0.2, 0) is 0 Å². The molecule has 2 amide bonds. The van der Waals surface area contributed by atoms with E-state index in [2.05, 4.69) is 10.6 Å². The lowest BCUT2D eigenvalue weighted by atomic mass is 10.1. The Kier molecular flexibility index (Phi) is 6.82. The third kappa shape index (κ3) is 5.09. The molecule has 2 N–H and O–H groups in total. The number of nitro groups is 2. The normalized spacial score (nSPS) is 10.6. The minimum atomic E-state index is -0.747. The van der Waals surface area contributed by atoms with E-state index in [0.717, 1.165) is 22.9 Å². The number of halogens is 2. The van der Waals surface area contributed by atoms with Gasteiger partial charge >= 0.3 is 0 Å². The van der Waals surface area contributed by atoms with Gasteiger partial charge in [-0.2, -0.15) is 0 Å². The van der Waals surface area contributed by atoms with E-state index < -0.39 is 21.7 Å². The molecular weight excluding hydrogens is 511 g/mol. The van der Waals surface area contributed by atoms with E-state index in [-0.39, 0.29) is 43.9 Å². The SMILES string of the molecule is O=C(Nc1cc2ccccc2cc1NC(=O)c1cc([N+](=O)[O-])ccc1Cl)c1cc([N+](=O)[O-])ccc1Cl. The molecule has 0 atom stereocenters. The fourth-order valence-corrected chi connectivity index (χ4v) is 3.83. The number of carbonyl (C=O) groups excluding carboxylic acids is 2. The molecule has 0 fully saturated rings. The van der Waals surface area contributed by atoms with Crippen LogP contribution in [0.15, 0.2) is 72.8 Å². The molecule has 0 unspecified atom stereocenters. The standard InChI is InChI=1S/C24H14Cl2N4O6/c25-19-7-5-15(29(33)34)11-17(19)23(31)27-21-9-13-3-1-2-4-14(13)10-22(21)28-24(32)18-12-16(30(35)36)6-8-20(18)26/h1-12H,(H,27,31)(H,28,32). The molecule has 36 heavy (non-hydrogen) atoms. The maximum absolute atomic E-state index is 13.0. The second-order valence-corrected chi connectivity index (χ2v) is 8.31.